The van der Waals surface area contributed by atoms with Gasteiger partial charge in [-0.3, -0.25) is 10.1 Å². The van der Waals surface area contributed by atoms with E-state index in [1.54, 1.807) is 17.5 Å². The van der Waals surface area contributed by atoms with Crippen LogP contribution in [0.4, 0.5) is 0 Å². The summed E-state index contributed by atoms with van der Waals surface area (Å²) in [4.78, 5) is 16.1. The Morgan fingerprint density at radius 1 is 1.44 bits per heavy atom. The maximum absolute atomic E-state index is 11.8. The molecule has 1 aromatic rings. The van der Waals surface area contributed by atoms with Crippen LogP contribution in [0, 0.1) is 5.92 Å². The topological polar surface area (TPSA) is 54.0 Å². The molecule has 0 bridgehead atoms. The molecule has 1 aromatic heterocycles. The van der Waals surface area contributed by atoms with Crippen molar-refractivity contribution in [1.82, 2.24) is 15.6 Å². The van der Waals surface area contributed by atoms with Crippen LogP contribution in [-0.2, 0) is 10.3 Å². The lowest BCUT2D eigenvalue weighted by Crippen LogP contribution is -2.46. The van der Waals surface area contributed by atoms with Crippen molar-refractivity contribution in [2.45, 2.75) is 46.2 Å². The third kappa shape index (κ3) is 4.38. The Morgan fingerprint density at radius 2 is 2.11 bits per heavy atom. The van der Waals surface area contributed by atoms with E-state index in [4.69, 9.17) is 0 Å². The summed E-state index contributed by atoms with van der Waals surface area (Å²) >= 11 is 1.60. The summed E-state index contributed by atoms with van der Waals surface area (Å²) in [6.07, 6.45) is 1.78. The Bertz CT molecular complexity index is 374. The summed E-state index contributed by atoms with van der Waals surface area (Å²) in [6, 6.07) is 0.197. The normalized spacial score (nSPS) is 13.7. The Hall–Kier alpha value is -0.940. The van der Waals surface area contributed by atoms with Gasteiger partial charge in [-0.15, -0.1) is 11.3 Å². The van der Waals surface area contributed by atoms with E-state index < -0.39 is 0 Å². The minimum Gasteiger partial charge on any atom is -0.352 e. The molecule has 1 heterocycles. The lowest BCUT2D eigenvalue weighted by atomic mass is 10.1. The molecule has 0 saturated heterocycles. The van der Waals surface area contributed by atoms with Crippen LogP contribution in [0.3, 0.4) is 0 Å². The molecule has 0 aliphatic rings. The van der Waals surface area contributed by atoms with Gasteiger partial charge in [0.15, 0.2) is 0 Å². The van der Waals surface area contributed by atoms with E-state index in [0.29, 0.717) is 12.5 Å². The van der Waals surface area contributed by atoms with Crippen molar-refractivity contribution in [3.05, 3.63) is 16.6 Å². The molecular formula is C13H23N3OS. The van der Waals surface area contributed by atoms with Crippen LogP contribution in [0.2, 0.25) is 0 Å². The van der Waals surface area contributed by atoms with Crippen molar-refractivity contribution in [3.8, 4) is 0 Å². The molecule has 0 aliphatic carbocycles. The van der Waals surface area contributed by atoms with Gasteiger partial charge in [-0.25, -0.2) is 4.98 Å². The Labute approximate surface area is 113 Å². The van der Waals surface area contributed by atoms with Crippen molar-refractivity contribution < 1.29 is 4.79 Å². The van der Waals surface area contributed by atoms with Crippen LogP contribution >= 0.6 is 11.3 Å². The summed E-state index contributed by atoms with van der Waals surface area (Å²) < 4.78 is 0. The van der Waals surface area contributed by atoms with Crippen molar-refractivity contribution in [3.63, 3.8) is 0 Å². The molecule has 1 amide bonds. The summed E-state index contributed by atoms with van der Waals surface area (Å²) in [6.45, 7) is 10.6. The Kier molecular flexibility index (Phi) is 5.28. The van der Waals surface area contributed by atoms with E-state index in [1.807, 2.05) is 26.2 Å². The second-order valence-electron chi connectivity index (χ2n) is 5.42. The van der Waals surface area contributed by atoms with Crippen molar-refractivity contribution in [1.29, 1.82) is 0 Å². The number of carbonyl (C=O) groups is 1. The van der Waals surface area contributed by atoms with Crippen LogP contribution < -0.4 is 10.6 Å². The highest BCUT2D eigenvalue weighted by atomic mass is 32.1. The second-order valence-corrected chi connectivity index (χ2v) is 6.31. The molecule has 0 fully saturated rings. The first-order valence-electron chi connectivity index (χ1n) is 6.27. The molecule has 0 aliphatic heterocycles. The van der Waals surface area contributed by atoms with E-state index in [-0.39, 0.29) is 17.5 Å². The molecule has 5 heteroatoms. The first kappa shape index (κ1) is 15.1. The lowest BCUT2D eigenvalue weighted by Gasteiger charge is -2.24. The Morgan fingerprint density at radius 3 is 2.61 bits per heavy atom. The fraction of sp³-hybridized carbons (Fsp3) is 0.692. The number of hydrogen-bond donors (Lipinski definition) is 2. The van der Waals surface area contributed by atoms with Crippen LogP contribution in [0.1, 0.15) is 39.6 Å². The van der Waals surface area contributed by atoms with Gasteiger partial charge in [0.05, 0.1) is 12.1 Å². The molecule has 18 heavy (non-hydrogen) atoms. The molecule has 2 N–H and O–H groups in total. The van der Waals surface area contributed by atoms with E-state index >= 15 is 0 Å². The highest BCUT2D eigenvalue weighted by molar-refractivity contribution is 7.09. The average Bonchev–Trinajstić information content (AvgIpc) is 2.80. The predicted octanol–water partition coefficient (Wildman–Crippen LogP) is 2.13. The predicted molar refractivity (Wildman–Crippen MR) is 75.6 cm³/mol. The van der Waals surface area contributed by atoms with Gasteiger partial charge in [-0.2, -0.15) is 0 Å². The highest BCUT2D eigenvalue weighted by Crippen LogP contribution is 2.21. The molecule has 4 nitrogen and oxygen atoms in total. The fourth-order valence-electron chi connectivity index (χ4n) is 1.38. The summed E-state index contributed by atoms with van der Waals surface area (Å²) in [7, 11) is 0. The van der Waals surface area contributed by atoms with E-state index in [1.165, 1.54) is 0 Å². The summed E-state index contributed by atoms with van der Waals surface area (Å²) in [5.41, 5.74) is -0.271. The zero-order valence-corrected chi connectivity index (χ0v) is 12.6. The number of nitrogens with zero attached hydrogens (tertiary/aromatic N) is 1. The Balaban J connectivity index is 2.43. The van der Waals surface area contributed by atoms with Gasteiger partial charge in [-0.05, 0) is 26.7 Å². The van der Waals surface area contributed by atoms with Gasteiger partial charge in [0, 0.05) is 17.6 Å². The van der Waals surface area contributed by atoms with Gasteiger partial charge in [0.1, 0.15) is 5.01 Å². The molecule has 1 rings (SSSR count). The zero-order chi connectivity index (χ0) is 13.8. The minimum absolute atomic E-state index is 0.0285. The molecular weight excluding hydrogens is 246 g/mol. The van der Waals surface area contributed by atoms with Crippen LogP contribution in [-0.4, -0.2) is 23.5 Å². The third-order valence-electron chi connectivity index (χ3n) is 3.05. The van der Waals surface area contributed by atoms with Gasteiger partial charge in [0.25, 0.3) is 0 Å². The van der Waals surface area contributed by atoms with Gasteiger partial charge >= 0.3 is 0 Å². The zero-order valence-electron chi connectivity index (χ0n) is 11.8. The maximum atomic E-state index is 11.8. The molecule has 0 aromatic carbocycles. The minimum atomic E-state index is -0.271. The largest absolute Gasteiger partial charge is 0.352 e. The van der Waals surface area contributed by atoms with E-state index in [2.05, 4.69) is 29.5 Å². The van der Waals surface area contributed by atoms with Crippen LogP contribution in [0.25, 0.3) is 0 Å². The number of aromatic nitrogens is 1. The van der Waals surface area contributed by atoms with Gasteiger partial charge in [-0.1, -0.05) is 13.8 Å². The second kappa shape index (κ2) is 6.29. The summed E-state index contributed by atoms with van der Waals surface area (Å²) in [5.74, 6) is 0.474. The molecule has 1 atom stereocenters. The molecule has 0 spiro atoms. The van der Waals surface area contributed by atoms with Crippen molar-refractivity contribution in [2.24, 2.45) is 5.92 Å². The fourth-order valence-corrected chi connectivity index (χ4v) is 2.12. The number of rotatable bonds is 6. The lowest BCUT2D eigenvalue weighted by molar-refractivity contribution is -0.121. The highest BCUT2D eigenvalue weighted by Gasteiger charge is 2.23. The molecule has 102 valence electrons. The standard InChI is InChI=1S/C13H23N3OS/c1-9(2)10(3)16-11(17)8-15-13(4,5)12-14-6-7-18-12/h6-7,9-10,15H,8H2,1-5H3,(H,16,17). The molecule has 1 unspecified atom stereocenters. The smallest absolute Gasteiger partial charge is 0.234 e. The monoisotopic (exact) mass is 269 g/mol. The first-order valence-corrected chi connectivity index (χ1v) is 7.15. The van der Waals surface area contributed by atoms with E-state index in [9.17, 15) is 4.79 Å². The maximum Gasteiger partial charge on any atom is 0.234 e. The number of amides is 1. The van der Waals surface area contributed by atoms with Crippen LogP contribution in [0.15, 0.2) is 11.6 Å². The van der Waals surface area contributed by atoms with Gasteiger partial charge in [0.2, 0.25) is 5.91 Å². The third-order valence-corrected chi connectivity index (χ3v) is 4.14. The number of hydrogen-bond acceptors (Lipinski definition) is 4. The average molecular weight is 269 g/mol. The van der Waals surface area contributed by atoms with E-state index in [0.717, 1.165) is 5.01 Å². The number of carbonyl (C=O) groups excluding carboxylic acids is 1. The number of thiazole rings is 1. The van der Waals surface area contributed by atoms with Crippen molar-refractivity contribution in [2.75, 3.05) is 6.54 Å². The van der Waals surface area contributed by atoms with Gasteiger partial charge < -0.3 is 5.32 Å². The number of nitrogens with one attached hydrogen (secondary N) is 2. The van der Waals surface area contributed by atoms with Crippen LogP contribution in [0.5, 0.6) is 0 Å². The SMILES string of the molecule is CC(C)C(C)NC(=O)CNC(C)(C)c1nccs1. The van der Waals surface area contributed by atoms with Crippen molar-refractivity contribution >= 4 is 17.2 Å². The summed E-state index contributed by atoms with van der Waals surface area (Å²) in [5, 5.41) is 9.16. The molecule has 0 saturated carbocycles. The first-order chi connectivity index (χ1) is 8.33. The quantitative estimate of drug-likeness (QED) is 0.832. The molecule has 0 radical (unpaired) electrons.